The van der Waals surface area contributed by atoms with Gasteiger partial charge in [-0.2, -0.15) is 0 Å². The van der Waals surface area contributed by atoms with Gasteiger partial charge in [-0.05, 0) is 74.4 Å². The quantitative estimate of drug-likeness (QED) is 0.355. The SMILES string of the molecule is COc1ccc(C(=O)NCc2ccc3[nH]c(C)c(C)c3c2)cc1S(=O)(=O)Nc1ccc(C)cc1. The van der Waals surface area contributed by atoms with Crippen molar-refractivity contribution in [1.82, 2.24) is 10.3 Å². The summed E-state index contributed by atoms with van der Waals surface area (Å²) < 4.78 is 33.9. The summed E-state index contributed by atoms with van der Waals surface area (Å²) in [6.45, 7) is 6.32. The van der Waals surface area contributed by atoms with Crippen LogP contribution in [0.3, 0.4) is 0 Å². The Balaban J connectivity index is 1.55. The van der Waals surface area contributed by atoms with Crippen LogP contribution in [0.1, 0.15) is 32.7 Å². The van der Waals surface area contributed by atoms with Gasteiger partial charge in [0.25, 0.3) is 15.9 Å². The van der Waals surface area contributed by atoms with Crippen LogP contribution in [0.4, 0.5) is 5.69 Å². The fraction of sp³-hybridized carbons (Fsp3) is 0.192. The van der Waals surface area contributed by atoms with Crippen molar-refractivity contribution in [3.63, 3.8) is 0 Å². The molecule has 0 aliphatic rings. The fourth-order valence-corrected chi connectivity index (χ4v) is 5.02. The van der Waals surface area contributed by atoms with Gasteiger partial charge in [0.2, 0.25) is 0 Å². The molecule has 34 heavy (non-hydrogen) atoms. The standard InChI is InChI=1S/C26H27N3O4S/c1-16-5-9-21(10-6-16)29-34(31,32)25-14-20(8-12-24(25)33-4)26(30)27-15-19-7-11-23-22(13-19)17(2)18(3)28-23/h5-14,28-29H,15H2,1-4H3,(H,27,30). The Morgan fingerprint density at radius 2 is 1.71 bits per heavy atom. The molecule has 1 amide bonds. The molecule has 3 aromatic carbocycles. The Morgan fingerprint density at radius 1 is 0.971 bits per heavy atom. The molecule has 1 aromatic heterocycles. The number of nitrogens with one attached hydrogen (secondary N) is 3. The number of aromatic amines is 1. The average molecular weight is 478 g/mol. The summed E-state index contributed by atoms with van der Waals surface area (Å²) in [5.41, 5.74) is 5.95. The Kier molecular flexibility index (Phi) is 6.34. The van der Waals surface area contributed by atoms with E-state index in [1.54, 1.807) is 18.2 Å². The third-order valence-corrected chi connectivity index (χ3v) is 7.25. The Labute approximate surface area is 199 Å². The maximum atomic E-state index is 13.1. The van der Waals surface area contributed by atoms with Crippen LogP contribution >= 0.6 is 0 Å². The number of aryl methyl sites for hydroxylation is 3. The van der Waals surface area contributed by atoms with E-state index in [4.69, 9.17) is 4.74 Å². The van der Waals surface area contributed by atoms with Crippen LogP contribution in [-0.2, 0) is 16.6 Å². The number of methoxy groups -OCH3 is 1. The number of ether oxygens (including phenoxy) is 1. The minimum Gasteiger partial charge on any atom is -0.495 e. The van der Waals surface area contributed by atoms with Gasteiger partial charge in [0.1, 0.15) is 10.6 Å². The van der Waals surface area contributed by atoms with Crippen LogP contribution in [0.15, 0.2) is 65.6 Å². The van der Waals surface area contributed by atoms with Gasteiger partial charge in [0.05, 0.1) is 7.11 Å². The largest absolute Gasteiger partial charge is 0.495 e. The van der Waals surface area contributed by atoms with E-state index in [0.29, 0.717) is 12.2 Å². The number of hydrogen-bond donors (Lipinski definition) is 3. The number of aromatic nitrogens is 1. The molecule has 3 N–H and O–H groups in total. The van der Waals surface area contributed by atoms with Crippen molar-refractivity contribution in [3.8, 4) is 5.75 Å². The zero-order chi connectivity index (χ0) is 24.5. The monoisotopic (exact) mass is 477 g/mol. The van der Waals surface area contributed by atoms with Crippen molar-refractivity contribution < 1.29 is 17.9 Å². The van der Waals surface area contributed by atoms with Gasteiger partial charge in [-0.25, -0.2) is 8.42 Å². The van der Waals surface area contributed by atoms with E-state index in [2.05, 4.69) is 21.9 Å². The summed E-state index contributed by atoms with van der Waals surface area (Å²) in [6.07, 6.45) is 0. The molecular weight excluding hydrogens is 450 g/mol. The van der Waals surface area contributed by atoms with Gasteiger partial charge >= 0.3 is 0 Å². The van der Waals surface area contributed by atoms with Crippen LogP contribution in [0.25, 0.3) is 10.9 Å². The highest BCUT2D eigenvalue weighted by molar-refractivity contribution is 7.92. The third kappa shape index (κ3) is 4.77. The lowest BCUT2D eigenvalue weighted by Crippen LogP contribution is -2.23. The molecule has 0 atom stereocenters. The van der Waals surface area contributed by atoms with Gasteiger partial charge in [0.15, 0.2) is 0 Å². The van der Waals surface area contributed by atoms with Gasteiger partial charge < -0.3 is 15.0 Å². The highest BCUT2D eigenvalue weighted by Crippen LogP contribution is 2.27. The summed E-state index contributed by atoms with van der Waals surface area (Å²) in [5.74, 6) is -0.226. The van der Waals surface area contributed by atoms with E-state index in [-0.39, 0.29) is 22.1 Å². The first kappa shape index (κ1) is 23.4. The molecular formula is C26H27N3O4S. The summed E-state index contributed by atoms with van der Waals surface area (Å²) in [5, 5.41) is 3.99. The summed E-state index contributed by atoms with van der Waals surface area (Å²) in [4.78, 5) is 16.1. The fourth-order valence-electron chi connectivity index (χ4n) is 3.76. The van der Waals surface area contributed by atoms with Gasteiger partial charge in [-0.15, -0.1) is 0 Å². The third-order valence-electron chi connectivity index (χ3n) is 5.84. The maximum absolute atomic E-state index is 13.1. The normalized spacial score (nSPS) is 11.4. The number of anilines is 1. The van der Waals surface area contributed by atoms with E-state index in [0.717, 1.165) is 27.7 Å². The van der Waals surface area contributed by atoms with Crippen LogP contribution in [0.5, 0.6) is 5.75 Å². The molecule has 0 aliphatic carbocycles. The number of amides is 1. The van der Waals surface area contributed by atoms with Crippen molar-refractivity contribution in [2.24, 2.45) is 0 Å². The molecule has 7 nitrogen and oxygen atoms in total. The number of rotatable bonds is 7. The first-order chi connectivity index (χ1) is 16.2. The lowest BCUT2D eigenvalue weighted by Gasteiger charge is -2.13. The molecule has 8 heteroatoms. The van der Waals surface area contributed by atoms with E-state index in [1.165, 1.54) is 24.8 Å². The predicted octanol–water partition coefficient (Wildman–Crippen LogP) is 4.83. The number of carbonyl (C=O) groups excluding carboxylic acids is 1. The smallest absolute Gasteiger partial charge is 0.265 e. The van der Waals surface area contributed by atoms with Crippen molar-refractivity contribution in [3.05, 3.63) is 88.6 Å². The molecule has 4 aromatic rings. The lowest BCUT2D eigenvalue weighted by atomic mass is 10.1. The number of H-pyrrole nitrogens is 1. The lowest BCUT2D eigenvalue weighted by molar-refractivity contribution is 0.0950. The Morgan fingerprint density at radius 3 is 2.41 bits per heavy atom. The molecule has 4 rings (SSSR count). The molecule has 0 saturated heterocycles. The van der Waals surface area contributed by atoms with E-state index < -0.39 is 10.0 Å². The van der Waals surface area contributed by atoms with Crippen LogP contribution in [-0.4, -0.2) is 26.4 Å². The molecule has 0 spiro atoms. The number of carbonyl (C=O) groups is 1. The molecule has 0 unspecified atom stereocenters. The minimum atomic E-state index is -3.98. The summed E-state index contributed by atoms with van der Waals surface area (Å²) in [6, 6.07) is 17.3. The maximum Gasteiger partial charge on any atom is 0.265 e. The highest BCUT2D eigenvalue weighted by Gasteiger charge is 2.22. The minimum absolute atomic E-state index is 0.108. The van der Waals surface area contributed by atoms with E-state index in [9.17, 15) is 13.2 Å². The van der Waals surface area contributed by atoms with Crippen molar-refractivity contribution in [2.45, 2.75) is 32.2 Å². The summed E-state index contributed by atoms with van der Waals surface area (Å²) >= 11 is 0. The van der Waals surface area contributed by atoms with Crippen molar-refractivity contribution >= 4 is 32.5 Å². The van der Waals surface area contributed by atoms with Gasteiger partial charge in [0, 0.05) is 34.4 Å². The molecule has 0 bridgehead atoms. The second kappa shape index (κ2) is 9.23. The Hall–Kier alpha value is -3.78. The zero-order valence-corrected chi connectivity index (χ0v) is 20.3. The number of hydrogen-bond acceptors (Lipinski definition) is 4. The van der Waals surface area contributed by atoms with Crippen molar-refractivity contribution in [1.29, 1.82) is 0 Å². The van der Waals surface area contributed by atoms with E-state index >= 15 is 0 Å². The van der Waals surface area contributed by atoms with Crippen LogP contribution < -0.4 is 14.8 Å². The molecule has 176 valence electrons. The first-order valence-electron chi connectivity index (χ1n) is 10.8. The molecule has 0 radical (unpaired) electrons. The number of sulfonamides is 1. The number of benzene rings is 3. The topological polar surface area (TPSA) is 100 Å². The molecule has 1 heterocycles. The second-order valence-electron chi connectivity index (χ2n) is 8.27. The Bertz CT molecular complexity index is 1470. The highest BCUT2D eigenvalue weighted by atomic mass is 32.2. The number of fused-ring (bicyclic) bond motifs is 1. The second-order valence-corrected chi connectivity index (χ2v) is 9.93. The zero-order valence-electron chi connectivity index (χ0n) is 19.5. The van der Waals surface area contributed by atoms with Crippen molar-refractivity contribution in [2.75, 3.05) is 11.8 Å². The van der Waals surface area contributed by atoms with Crippen LogP contribution in [0.2, 0.25) is 0 Å². The summed E-state index contributed by atoms with van der Waals surface area (Å²) in [7, 11) is -2.59. The molecule has 0 aliphatic heterocycles. The first-order valence-corrected chi connectivity index (χ1v) is 12.3. The molecule has 0 fully saturated rings. The van der Waals surface area contributed by atoms with Gasteiger partial charge in [-0.3, -0.25) is 9.52 Å². The molecule has 0 saturated carbocycles. The average Bonchev–Trinajstić information content (AvgIpc) is 3.11. The predicted molar refractivity (Wildman–Crippen MR) is 134 cm³/mol. The van der Waals surface area contributed by atoms with Gasteiger partial charge in [-0.1, -0.05) is 23.8 Å². The van der Waals surface area contributed by atoms with E-state index in [1.807, 2.05) is 44.2 Å². The van der Waals surface area contributed by atoms with Crippen LogP contribution in [0, 0.1) is 20.8 Å².